The van der Waals surface area contributed by atoms with Crippen LogP contribution in [0.25, 0.3) is 0 Å². The Morgan fingerprint density at radius 2 is 1.71 bits per heavy atom. The Morgan fingerprint density at radius 1 is 1.07 bits per heavy atom. The van der Waals surface area contributed by atoms with Crippen LogP contribution in [-0.2, 0) is 0 Å². The predicted molar refractivity (Wildman–Crippen MR) is 64.5 cm³/mol. The van der Waals surface area contributed by atoms with E-state index in [-0.39, 0.29) is 5.54 Å². The number of rotatable bonds is 7. The van der Waals surface area contributed by atoms with Crippen LogP contribution in [0.1, 0.15) is 60.3 Å². The van der Waals surface area contributed by atoms with Crippen molar-refractivity contribution in [2.24, 2.45) is 0 Å². The van der Waals surface area contributed by atoms with Crippen molar-refractivity contribution in [3.63, 3.8) is 0 Å². The third-order valence-corrected chi connectivity index (χ3v) is 2.09. The highest BCUT2D eigenvalue weighted by Crippen LogP contribution is 2.05. The molecule has 2 N–H and O–H groups in total. The summed E-state index contributed by atoms with van der Waals surface area (Å²) < 4.78 is 0. The smallest absolute Gasteiger partial charge is 0.0575 e. The van der Waals surface area contributed by atoms with Crippen molar-refractivity contribution in [1.29, 1.82) is 0 Å². The lowest BCUT2D eigenvalue weighted by molar-refractivity contribution is 0.300. The van der Waals surface area contributed by atoms with Gasteiger partial charge in [-0.05, 0) is 40.2 Å². The molecule has 0 spiro atoms. The largest absolute Gasteiger partial charge is 0.302 e. The molecule has 0 fully saturated rings. The third-order valence-electron chi connectivity index (χ3n) is 2.09. The molecule has 0 aromatic heterocycles. The molecule has 1 unspecified atom stereocenters. The first kappa shape index (κ1) is 13.9. The Bertz CT molecular complexity index is 119. The van der Waals surface area contributed by atoms with Crippen molar-refractivity contribution >= 4 is 0 Å². The number of hydrogen-bond donors (Lipinski definition) is 2. The van der Waals surface area contributed by atoms with Crippen LogP contribution in [0.15, 0.2) is 0 Å². The van der Waals surface area contributed by atoms with Gasteiger partial charge in [0.2, 0.25) is 0 Å². The van der Waals surface area contributed by atoms with Crippen molar-refractivity contribution in [1.82, 2.24) is 10.6 Å². The van der Waals surface area contributed by atoms with Crippen LogP contribution in [0.2, 0.25) is 0 Å². The van der Waals surface area contributed by atoms with Crippen molar-refractivity contribution in [3.8, 4) is 0 Å². The van der Waals surface area contributed by atoms with E-state index in [1.165, 1.54) is 25.7 Å². The summed E-state index contributed by atoms with van der Waals surface area (Å²) >= 11 is 0. The zero-order valence-corrected chi connectivity index (χ0v) is 10.6. The highest BCUT2D eigenvalue weighted by Gasteiger charge is 2.15. The summed E-state index contributed by atoms with van der Waals surface area (Å²) in [6.07, 6.45) is 5.48. The van der Waals surface area contributed by atoms with Gasteiger partial charge in [-0.3, -0.25) is 5.32 Å². The molecule has 86 valence electrons. The molecular formula is C12H28N2. The van der Waals surface area contributed by atoms with Gasteiger partial charge in [0.25, 0.3) is 0 Å². The molecular weight excluding hydrogens is 172 g/mol. The summed E-state index contributed by atoms with van der Waals surface area (Å²) in [4.78, 5) is 0. The van der Waals surface area contributed by atoms with E-state index < -0.39 is 0 Å². The second kappa shape index (κ2) is 7.24. The lowest BCUT2D eigenvalue weighted by Crippen LogP contribution is -2.51. The number of hydrogen-bond acceptors (Lipinski definition) is 2. The molecule has 14 heavy (non-hydrogen) atoms. The van der Waals surface area contributed by atoms with Gasteiger partial charge in [-0.2, -0.15) is 0 Å². The van der Waals surface area contributed by atoms with Crippen LogP contribution in [0.5, 0.6) is 0 Å². The predicted octanol–water partition coefficient (Wildman–Crippen LogP) is 2.89. The lowest BCUT2D eigenvalue weighted by Gasteiger charge is -2.29. The van der Waals surface area contributed by atoms with Crippen LogP contribution in [0.3, 0.4) is 0 Å². The van der Waals surface area contributed by atoms with E-state index in [1.54, 1.807) is 0 Å². The van der Waals surface area contributed by atoms with Gasteiger partial charge in [-0.15, -0.1) is 0 Å². The quantitative estimate of drug-likeness (QED) is 0.618. The van der Waals surface area contributed by atoms with Gasteiger partial charge < -0.3 is 5.32 Å². The van der Waals surface area contributed by atoms with E-state index in [2.05, 4.69) is 45.3 Å². The Kier molecular flexibility index (Phi) is 7.20. The van der Waals surface area contributed by atoms with Gasteiger partial charge >= 0.3 is 0 Å². The van der Waals surface area contributed by atoms with Gasteiger partial charge in [0.1, 0.15) is 0 Å². The minimum absolute atomic E-state index is 0.207. The fourth-order valence-electron chi connectivity index (χ4n) is 1.47. The third kappa shape index (κ3) is 8.52. The molecule has 0 heterocycles. The maximum Gasteiger partial charge on any atom is 0.0575 e. The van der Waals surface area contributed by atoms with E-state index in [0.717, 1.165) is 6.54 Å². The monoisotopic (exact) mass is 200 g/mol. The maximum atomic E-state index is 3.61. The zero-order chi connectivity index (χ0) is 11.0. The highest BCUT2D eigenvalue weighted by atomic mass is 15.1. The van der Waals surface area contributed by atoms with Gasteiger partial charge in [-0.25, -0.2) is 0 Å². The zero-order valence-electron chi connectivity index (χ0n) is 10.6. The fraction of sp³-hybridized carbons (Fsp3) is 1.00. The normalized spacial score (nSPS) is 14.4. The van der Waals surface area contributed by atoms with Gasteiger partial charge in [0, 0.05) is 5.54 Å². The summed E-state index contributed by atoms with van der Waals surface area (Å²) in [7, 11) is 0. The summed E-state index contributed by atoms with van der Waals surface area (Å²) in [5, 5.41) is 7.16. The van der Waals surface area contributed by atoms with E-state index in [1.807, 2.05) is 0 Å². The molecule has 0 amide bonds. The van der Waals surface area contributed by atoms with Crippen LogP contribution >= 0.6 is 0 Å². The molecule has 1 atom stereocenters. The average Bonchev–Trinajstić information content (AvgIpc) is 2.07. The molecule has 0 aromatic carbocycles. The summed E-state index contributed by atoms with van der Waals surface area (Å²) in [6.45, 7) is 12.2. The van der Waals surface area contributed by atoms with Crippen molar-refractivity contribution in [3.05, 3.63) is 0 Å². The van der Waals surface area contributed by atoms with Crippen LogP contribution in [0.4, 0.5) is 0 Å². The Morgan fingerprint density at radius 3 is 2.14 bits per heavy atom. The molecule has 0 aliphatic rings. The summed E-state index contributed by atoms with van der Waals surface area (Å²) in [5.41, 5.74) is 0.207. The van der Waals surface area contributed by atoms with E-state index >= 15 is 0 Å². The maximum absolute atomic E-state index is 3.61. The van der Waals surface area contributed by atoms with E-state index in [4.69, 9.17) is 0 Å². The molecule has 0 aromatic rings. The van der Waals surface area contributed by atoms with Crippen LogP contribution < -0.4 is 10.6 Å². The molecule has 0 aliphatic heterocycles. The number of unbranched alkanes of at least 4 members (excludes halogenated alkanes) is 1. The lowest BCUT2D eigenvalue weighted by atomic mass is 10.1. The second-order valence-corrected chi connectivity index (χ2v) is 5.04. The Labute approximate surface area is 89.9 Å². The highest BCUT2D eigenvalue weighted by molar-refractivity contribution is 4.76. The van der Waals surface area contributed by atoms with E-state index in [0.29, 0.717) is 6.17 Å². The SMILES string of the molecule is CCCCC(NCCC)NC(C)(C)C. The van der Waals surface area contributed by atoms with E-state index in [9.17, 15) is 0 Å². The van der Waals surface area contributed by atoms with Gasteiger partial charge in [0.15, 0.2) is 0 Å². The van der Waals surface area contributed by atoms with Crippen molar-refractivity contribution in [2.45, 2.75) is 72.0 Å². The van der Waals surface area contributed by atoms with Gasteiger partial charge in [0.05, 0.1) is 6.17 Å². The fourth-order valence-corrected chi connectivity index (χ4v) is 1.47. The first-order chi connectivity index (χ1) is 6.49. The molecule has 2 heteroatoms. The molecule has 0 aliphatic carbocycles. The first-order valence-corrected chi connectivity index (χ1v) is 6.00. The number of nitrogens with one attached hydrogen (secondary N) is 2. The molecule has 0 saturated carbocycles. The minimum Gasteiger partial charge on any atom is -0.302 e. The molecule has 2 nitrogen and oxygen atoms in total. The Hall–Kier alpha value is -0.0800. The van der Waals surface area contributed by atoms with Crippen LogP contribution in [-0.4, -0.2) is 18.2 Å². The minimum atomic E-state index is 0.207. The molecule has 0 rings (SSSR count). The first-order valence-electron chi connectivity index (χ1n) is 6.00. The molecule has 0 bridgehead atoms. The van der Waals surface area contributed by atoms with Crippen molar-refractivity contribution < 1.29 is 0 Å². The average molecular weight is 200 g/mol. The van der Waals surface area contributed by atoms with Crippen LogP contribution in [0, 0.1) is 0 Å². The van der Waals surface area contributed by atoms with Gasteiger partial charge in [-0.1, -0.05) is 26.7 Å². The Balaban J connectivity index is 3.84. The summed E-state index contributed by atoms with van der Waals surface area (Å²) in [6, 6.07) is 0. The molecule has 0 saturated heterocycles. The molecule has 0 radical (unpaired) electrons. The second-order valence-electron chi connectivity index (χ2n) is 5.04. The topological polar surface area (TPSA) is 24.1 Å². The standard InChI is InChI=1S/C12H28N2/c1-6-8-9-11(13-10-7-2)14-12(3,4)5/h11,13-14H,6-10H2,1-5H3. The van der Waals surface area contributed by atoms with Crippen molar-refractivity contribution in [2.75, 3.05) is 6.54 Å². The summed E-state index contributed by atoms with van der Waals surface area (Å²) in [5.74, 6) is 0.